The summed E-state index contributed by atoms with van der Waals surface area (Å²) in [5.41, 5.74) is 0. The minimum absolute atomic E-state index is 0.740. The fourth-order valence-electron chi connectivity index (χ4n) is 0.212. The highest BCUT2D eigenvalue weighted by Gasteiger charge is 1.84. The Kier molecular flexibility index (Phi) is 1.76. The molecule has 0 saturated carbocycles. The van der Waals surface area contributed by atoms with Crippen LogP contribution in [0.1, 0.15) is 0 Å². The van der Waals surface area contributed by atoms with E-state index in [1.54, 1.807) is 0 Å². The molecule has 1 N–H and O–H groups in total. The van der Waals surface area contributed by atoms with Crippen molar-refractivity contribution in [1.82, 2.24) is 10.2 Å². The molecule has 0 aromatic carbocycles. The molecule has 2 nitrogen and oxygen atoms in total. The monoisotopic (exact) mass is 244 g/mol. The van der Waals surface area contributed by atoms with Gasteiger partial charge >= 0.3 is 0 Å². The van der Waals surface area contributed by atoms with Crippen molar-refractivity contribution in [3.8, 4) is 0 Å². The van der Waals surface area contributed by atoms with Crippen LogP contribution in [0.5, 0.6) is 0 Å². The number of aromatic nitrogens is 2. The second-order valence-electron chi connectivity index (χ2n) is 0.866. The van der Waals surface area contributed by atoms with Crippen molar-refractivity contribution >= 4 is 46.1 Å². The number of H-pyrrole nitrogens is 1. The van der Waals surface area contributed by atoms with Gasteiger partial charge in [-0.25, -0.2) is 0 Å². The molecule has 0 fully saturated rings. The maximum Gasteiger partial charge on any atom is 0.177 e. The molecule has 1 aromatic rings. The second-order valence-corrected chi connectivity index (χ2v) is 4.29. The van der Waals surface area contributed by atoms with E-state index in [0.29, 0.717) is 0 Å². The number of nitrogens with zero attached hydrogens (tertiary/aromatic N) is 1. The molecule has 0 radical (unpaired) electrons. The first kappa shape index (κ1) is 5.64. The van der Waals surface area contributed by atoms with Gasteiger partial charge in [-0.3, -0.25) is 5.10 Å². The van der Waals surface area contributed by atoms with Gasteiger partial charge < -0.3 is 0 Å². The molecule has 0 bridgehead atoms. The quantitative estimate of drug-likeness (QED) is 0.557. The Morgan fingerprint density at radius 2 is 2.57 bits per heavy atom. The highest BCUT2D eigenvalue weighted by Crippen LogP contribution is 2.05. The number of rotatable bonds is 0. The first-order chi connectivity index (χ1) is 3.29. The van der Waals surface area contributed by atoms with Gasteiger partial charge in [0.15, 0.2) is 6.97 Å². The lowest BCUT2D eigenvalue weighted by molar-refractivity contribution is 1.06. The zero-order chi connectivity index (χ0) is 5.28. The van der Waals surface area contributed by atoms with Crippen LogP contribution in [0.2, 0.25) is 0 Å². The topological polar surface area (TPSA) is 28.7 Å². The van der Waals surface area contributed by atoms with E-state index in [2.05, 4.69) is 32.8 Å². The van der Waals surface area contributed by atoms with Crippen LogP contribution in [0, 0.1) is 6.97 Å². The number of aromatic amines is 1. The summed E-state index contributed by atoms with van der Waals surface area (Å²) in [5.74, 6) is 0. The molecule has 7 heavy (non-hydrogen) atoms. The van der Waals surface area contributed by atoms with Crippen LogP contribution in [0.3, 0.4) is 0 Å². The molecule has 0 saturated heterocycles. The number of hydrogen-bond acceptors (Lipinski definition) is 3. The minimum atomic E-state index is 0.740. The normalized spacial score (nSPS) is 9.29. The first-order valence-electron chi connectivity index (χ1n) is 1.50. The Hall–Kier alpha value is 0.510. The first-order valence-corrected chi connectivity index (χ1v) is 3.80. The highest BCUT2D eigenvalue weighted by atomic mass is 127. The van der Waals surface area contributed by atoms with Crippen LogP contribution in [-0.2, 0) is 0 Å². The molecular formula is C2HIN2S2. The summed E-state index contributed by atoms with van der Waals surface area (Å²) in [4.78, 5) is 0. The standard InChI is InChI=1S/C2HIN2S2/c3-1-4-5-2(6)7-1/h(H,5,6). The lowest BCUT2D eigenvalue weighted by Crippen LogP contribution is -1.64. The average molecular weight is 244 g/mol. The smallest absolute Gasteiger partial charge is 0.177 e. The van der Waals surface area contributed by atoms with E-state index in [1.165, 1.54) is 11.3 Å². The summed E-state index contributed by atoms with van der Waals surface area (Å²) in [7, 11) is 0. The fourth-order valence-corrected chi connectivity index (χ4v) is 2.06. The zero-order valence-electron chi connectivity index (χ0n) is 3.14. The van der Waals surface area contributed by atoms with E-state index < -0.39 is 0 Å². The maximum atomic E-state index is 4.73. The molecule has 0 aliphatic heterocycles. The molecule has 0 aliphatic rings. The Bertz CT molecular complexity index is 201. The van der Waals surface area contributed by atoms with Crippen molar-refractivity contribution in [3.05, 3.63) is 6.97 Å². The lowest BCUT2D eigenvalue weighted by Gasteiger charge is -1.60. The van der Waals surface area contributed by atoms with Gasteiger partial charge in [0.1, 0.15) is 0 Å². The van der Waals surface area contributed by atoms with Crippen LogP contribution in [0.15, 0.2) is 0 Å². The van der Waals surface area contributed by atoms with Gasteiger partial charge in [0.05, 0.1) is 0 Å². The van der Waals surface area contributed by atoms with Gasteiger partial charge in [-0.15, -0.1) is 0 Å². The number of hydrogen-bond donors (Lipinski definition) is 1. The van der Waals surface area contributed by atoms with Gasteiger partial charge in [0.25, 0.3) is 0 Å². The van der Waals surface area contributed by atoms with Crippen molar-refractivity contribution in [2.24, 2.45) is 0 Å². The van der Waals surface area contributed by atoms with E-state index in [0.717, 1.165) is 6.97 Å². The van der Waals surface area contributed by atoms with Crippen molar-refractivity contribution in [1.29, 1.82) is 0 Å². The lowest BCUT2D eigenvalue weighted by atomic mass is 11.6. The van der Waals surface area contributed by atoms with E-state index in [4.69, 9.17) is 12.2 Å². The highest BCUT2D eigenvalue weighted by molar-refractivity contribution is 14.1. The molecule has 0 amide bonds. The number of halogens is 1. The fraction of sp³-hybridized carbons (Fsp3) is 0. The Morgan fingerprint density at radius 1 is 1.86 bits per heavy atom. The maximum absolute atomic E-state index is 4.73. The van der Waals surface area contributed by atoms with Crippen LogP contribution in [0.4, 0.5) is 0 Å². The summed E-state index contributed by atoms with van der Waals surface area (Å²) < 4.78 is 1.70. The second kappa shape index (κ2) is 2.19. The van der Waals surface area contributed by atoms with Gasteiger partial charge in [-0.2, -0.15) is 5.10 Å². The Morgan fingerprint density at radius 3 is 2.71 bits per heavy atom. The van der Waals surface area contributed by atoms with Crippen LogP contribution in [-0.4, -0.2) is 10.2 Å². The van der Waals surface area contributed by atoms with Crippen molar-refractivity contribution in [2.45, 2.75) is 0 Å². The third-order valence-corrected chi connectivity index (χ3v) is 2.19. The van der Waals surface area contributed by atoms with Crippen LogP contribution < -0.4 is 0 Å². The Labute approximate surface area is 63.1 Å². The predicted molar refractivity (Wildman–Crippen MR) is 40.0 cm³/mol. The van der Waals surface area contributed by atoms with Crippen molar-refractivity contribution in [3.63, 3.8) is 0 Å². The predicted octanol–water partition coefficient (Wildman–Crippen LogP) is 1.81. The summed E-state index contributed by atoms with van der Waals surface area (Å²) in [6, 6.07) is 0. The van der Waals surface area contributed by atoms with Gasteiger partial charge in [-0.05, 0) is 34.8 Å². The minimum Gasteiger partial charge on any atom is -0.257 e. The molecule has 1 aromatic heterocycles. The third kappa shape index (κ3) is 1.46. The molecular weight excluding hydrogens is 243 g/mol. The summed E-state index contributed by atoms with van der Waals surface area (Å²) in [6.07, 6.45) is 0. The molecule has 38 valence electrons. The molecule has 0 unspecified atom stereocenters. The number of nitrogens with one attached hydrogen (secondary N) is 1. The molecule has 1 rings (SSSR count). The summed E-state index contributed by atoms with van der Waals surface area (Å²) >= 11 is 8.32. The van der Waals surface area contributed by atoms with Crippen molar-refractivity contribution in [2.75, 3.05) is 0 Å². The molecule has 0 atom stereocenters. The largest absolute Gasteiger partial charge is 0.257 e. The summed E-state index contributed by atoms with van der Waals surface area (Å²) in [6.45, 7) is 0. The zero-order valence-corrected chi connectivity index (χ0v) is 6.93. The molecule has 0 aliphatic carbocycles. The van der Waals surface area contributed by atoms with E-state index in [1.807, 2.05) is 0 Å². The van der Waals surface area contributed by atoms with E-state index in [-0.39, 0.29) is 0 Å². The molecule has 0 spiro atoms. The van der Waals surface area contributed by atoms with Crippen LogP contribution in [0.25, 0.3) is 0 Å². The van der Waals surface area contributed by atoms with Gasteiger partial charge in [-0.1, -0.05) is 11.3 Å². The van der Waals surface area contributed by atoms with Crippen molar-refractivity contribution < 1.29 is 0 Å². The molecule has 1 heterocycles. The van der Waals surface area contributed by atoms with Gasteiger partial charge in [0, 0.05) is 0 Å². The SMILES string of the molecule is S=c1[nH]nc(I)s1. The summed E-state index contributed by atoms with van der Waals surface area (Å²) in [5, 5.41) is 6.44. The molecule has 5 heteroatoms. The van der Waals surface area contributed by atoms with Gasteiger partial charge in [0.2, 0.25) is 0 Å². The average Bonchev–Trinajstić information content (AvgIpc) is 1.87. The van der Waals surface area contributed by atoms with Crippen LogP contribution >= 0.6 is 46.1 Å². The van der Waals surface area contributed by atoms with E-state index >= 15 is 0 Å². The van der Waals surface area contributed by atoms with E-state index in [9.17, 15) is 0 Å². The Balaban J connectivity index is 3.30. The third-order valence-electron chi connectivity index (χ3n) is 0.412.